The van der Waals surface area contributed by atoms with E-state index >= 15 is 0 Å². The normalized spacial score (nSPS) is 27.4. The third-order valence-corrected chi connectivity index (χ3v) is 2.72. The fourth-order valence-electron chi connectivity index (χ4n) is 1.37. The number of halogens is 1. The smallest absolute Gasteiger partial charge is 0.235 e. The lowest BCUT2D eigenvalue weighted by molar-refractivity contribution is -0.121. The van der Waals surface area contributed by atoms with Gasteiger partial charge in [-0.15, -0.1) is 11.6 Å². The molecule has 1 fully saturated rings. The molecule has 0 aromatic rings. The zero-order chi connectivity index (χ0) is 8.48. The largest absolute Gasteiger partial charge is 0.352 e. The zero-order valence-electron chi connectivity index (χ0n) is 6.98. The van der Waals surface area contributed by atoms with Crippen molar-refractivity contribution >= 4 is 17.5 Å². The van der Waals surface area contributed by atoms with Gasteiger partial charge >= 0.3 is 0 Å². The summed E-state index contributed by atoms with van der Waals surface area (Å²) in [5.74, 6) is 0.0245. The maximum absolute atomic E-state index is 10.9. The quantitative estimate of drug-likeness (QED) is 0.634. The topological polar surface area (TPSA) is 29.1 Å². The first kappa shape index (κ1) is 8.85. The van der Waals surface area contributed by atoms with Gasteiger partial charge in [-0.1, -0.05) is 13.8 Å². The second kappa shape index (κ2) is 3.02. The standard InChI is InChI=1S/C8H14ClNO/c1-8(2)4-3-6(8)10-7(11)5-9/h6H,3-5H2,1-2H3,(H,10,11). The molecule has 1 aliphatic rings. The summed E-state index contributed by atoms with van der Waals surface area (Å²) < 4.78 is 0. The van der Waals surface area contributed by atoms with E-state index in [4.69, 9.17) is 11.6 Å². The molecule has 0 radical (unpaired) electrons. The van der Waals surface area contributed by atoms with Gasteiger partial charge in [0.15, 0.2) is 0 Å². The SMILES string of the molecule is CC1(C)CCC1NC(=O)CCl. The highest BCUT2D eigenvalue weighted by Gasteiger charge is 2.38. The van der Waals surface area contributed by atoms with Crippen LogP contribution in [0.15, 0.2) is 0 Å². The highest BCUT2D eigenvalue weighted by atomic mass is 35.5. The number of alkyl halides is 1. The van der Waals surface area contributed by atoms with Crippen molar-refractivity contribution < 1.29 is 4.79 Å². The molecule has 64 valence electrons. The maximum Gasteiger partial charge on any atom is 0.235 e. The van der Waals surface area contributed by atoms with Gasteiger partial charge in [-0.05, 0) is 18.3 Å². The van der Waals surface area contributed by atoms with Gasteiger partial charge in [0.25, 0.3) is 0 Å². The molecule has 1 rings (SSSR count). The molecule has 0 bridgehead atoms. The number of hydrogen-bond donors (Lipinski definition) is 1. The van der Waals surface area contributed by atoms with Crippen LogP contribution >= 0.6 is 11.6 Å². The van der Waals surface area contributed by atoms with Crippen LogP contribution in [0.4, 0.5) is 0 Å². The zero-order valence-corrected chi connectivity index (χ0v) is 7.74. The Hall–Kier alpha value is -0.240. The summed E-state index contributed by atoms with van der Waals surface area (Å²) in [6.07, 6.45) is 2.29. The van der Waals surface area contributed by atoms with Crippen molar-refractivity contribution in [3.63, 3.8) is 0 Å². The highest BCUT2D eigenvalue weighted by Crippen LogP contribution is 2.39. The van der Waals surface area contributed by atoms with Gasteiger partial charge in [0.1, 0.15) is 5.88 Å². The first-order chi connectivity index (χ1) is 5.06. The van der Waals surface area contributed by atoms with Gasteiger partial charge in [-0.25, -0.2) is 0 Å². The number of carbonyl (C=O) groups excluding carboxylic acids is 1. The molecule has 2 nitrogen and oxygen atoms in total. The van der Waals surface area contributed by atoms with E-state index in [9.17, 15) is 4.79 Å². The number of rotatable bonds is 2. The minimum atomic E-state index is -0.0514. The fraction of sp³-hybridized carbons (Fsp3) is 0.875. The van der Waals surface area contributed by atoms with Crippen molar-refractivity contribution in [2.45, 2.75) is 32.7 Å². The summed E-state index contributed by atoms with van der Waals surface area (Å²) in [5, 5.41) is 2.89. The summed E-state index contributed by atoms with van der Waals surface area (Å²) in [7, 11) is 0. The molecule has 1 amide bonds. The molecular weight excluding hydrogens is 162 g/mol. The summed E-state index contributed by atoms with van der Waals surface area (Å²) >= 11 is 5.36. The van der Waals surface area contributed by atoms with Gasteiger partial charge in [0.05, 0.1) is 0 Å². The molecule has 0 saturated heterocycles. The lowest BCUT2D eigenvalue weighted by atomic mass is 9.67. The molecule has 1 saturated carbocycles. The minimum absolute atomic E-state index is 0.0514. The molecule has 0 spiro atoms. The van der Waals surface area contributed by atoms with Gasteiger partial charge < -0.3 is 5.32 Å². The summed E-state index contributed by atoms with van der Waals surface area (Å²) in [4.78, 5) is 10.9. The van der Waals surface area contributed by atoms with Crippen molar-refractivity contribution in [2.24, 2.45) is 5.41 Å². The van der Waals surface area contributed by atoms with Crippen LogP contribution in [0.3, 0.4) is 0 Å². The predicted octanol–water partition coefficient (Wildman–Crippen LogP) is 1.53. The van der Waals surface area contributed by atoms with Crippen LogP contribution in [-0.4, -0.2) is 17.8 Å². The van der Waals surface area contributed by atoms with E-state index in [0.717, 1.165) is 6.42 Å². The molecule has 0 aromatic heterocycles. The van der Waals surface area contributed by atoms with E-state index in [1.807, 2.05) is 0 Å². The first-order valence-corrected chi connectivity index (χ1v) is 4.45. The molecule has 0 aliphatic heterocycles. The Morgan fingerprint density at radius 1 is 1.73 bits per heavy atom. The van der Waals surface area contributed by atoms with Gasteiger partial charge in [-0.3, -0.25) is 4.79 Å². The van der Waals surface area contributed by atoms with Crippen LogP contribution in [0.5, 0.6) is 0 Å². The summed E-state index contributed by atoms with van der Waals surface area (Å²) in [5.41, 5.74) is 0.279. The molecule has 11 heavy (non-hydrogen) atoms. The molecular formula is C8H14ClNO. The Kier molecular flexibility index (Phi) is 2.43. The van der Waals surface area contributed by atoms with Crippen molar-refractivity contribution in [2.75, 3.05) is 5.88 Å². The second-order valence-corrected chi connectivity index (χ2v) is 4.05. The lowest BCUT2D eigenvalue weighted by Gasteiger charge is -2.44. The summed E-state index contributed by atoms with van der Waals surface area (Å²) in [6, 6.07) is 0.341. The van der Waals surface area contributed by atoms with E-state index in [1.165, 1.54) is 6.42 Å². The number of amides is 1. The Morgan fingerprint density at radius 2 is 2.36 bits per heavy atom. The van der Waals surface area contributed by atoms with Gasteiger partial charge in [0.2, 0.25) is 5.91 Å². The van der Waals surface area contributed by atoms with E-state index in [-0.39, 0.29) is 17.2 Å². The third kappa shape index (κ3) is 1.86. The molecule has 1 N–H and O–H groups in total. The number of hydrogen-bond acceptors (Lipinski definition) is 1. The first-order valence-electron chi connectivity index (χ1n) is 3.91. The van der Waals surface area contributed by atoms with Gasteiger partial charge in [0, 0.05) is 6.04 Å². The molecule has 1 atom stereocenters. The Bertz CT molecular complexity index is 167. The lowest BCUT2D eigenvalue weighted by Crippen LogP contribution is -2.52. The average molecular weight is 176 g/mol. The van der Waals surface area contributed by atoms with E-state index in [2.05, 4.69) is 19.2 Å². The molecule has 3 heteroatoms. The Morgan fingerprint density at radius 3 is 2.64 bits per heavy atom. The molecule has 0 heterocycles. The second-order valence-electron chi connectivity index (χ2n) is 3.78. The van der Waals surface area contributed by atoms with Crippen molar-refractivity contribution in [3.8, 4) is 0 Å². The monoisotopic (exact) mass is 175 g/mol. The Balaban J connectivity index is 2.34. The summed E-state index contributed by atoms with van der Waals surface area (Å²) in [6.45, 7) is 4.32. The Labute approximate surface area is 72.3 Å². The van der Waals surface area contributed by atoms with Crippen molar-refractivity contribution in [3.05, 3.63) is 0 Å². The van der Waals surface area contributed by atoms with Crippen LogP contribution in [0, 0.1) is 5.41 Å². The maximum atomic E-state index is 10.9. The van der Waals surface area contributed by atoms with Crippen LogP contribution < -0.4 is 5.32 Å². The van der Waals surface area contributed by atoms with Crippen LogP contribution in [-0.2, 0) is 4.79 Å². The van der Waals surface area contributed by atoms with Crippen LogP contribution in [0.2, 0.25) is 0 Å². The van der Waals surface area contributed by atoms with E-state index in [0.29, 0.717) is 6.04 Å². The number of nitrogens with one attached hydrogen (secondary N) is 1. The molecule has 0 aromatic carbocycles. The van der Waals surface area contributed by atoms with E-state index < -0.39 is 0 Å². The van der Waals surface area contributed by atoms with Crippen molar-refractivity contribution in [1.29, 1.82) is 0 Å². The molecule has 1 unspecified atom stereocenters. The number of carbonyl (C=O) groups is 1. The fourth-order valence-corrected chi connectivity index (χ4v) is 1.44. The van der Waals surface area contributed by atoms with Crippen molar-refractivity contribution in [1.82, 2.24) is 5.32 Å². The predicted molar refractivity (Wildman–Crippen MR) is 45.7 cm³/mol. The molecule has 1 aliphatic carbocycles. The van der Waals surface area contributed by atoms with E-state index in [1.54, 1.807) is 0 Å². The van der Waals surface area contributed by atoms with Gasteiger partial charge in [-0.2, -0.15) is 0 Å². The third-order valence-electron chi connectivity index (χ3n) is 2.48. The minimum Gasteiger partial charge on any atom is -0.352 e. The van der Waals surface area contributed by atoms with Crippen LogP contribution in [0.1, 0.15) is 26.7 Å². The highest BCUT2D eigenvalue weighted by molar-refractivity contribution is 6.27. The average Bonchev–Trinajstić information content (AvgIpc) is 1.98. The van der Waals surface area contributed by atoms with Crippen LogP contribution in [0.25, 0.3) is 0 Å².